The van der Waals surface area contributed by atoms with Gasteiger partial charge >= 0.3 is 0 Å². The third kappa shape index (κ3) is 3.53. The van der Waals surface area contributed by atoms with E-state index in [2.05, 4.69) is 17.6 Å². The van der Waals surface area contributed by atoms with Gasteiger partial charge in [-0.05, 0) is 68.7 Å². The molecule has 2 saturated carbocycles. The van der Waals surface area contributed by atoms with Crippen molar-refractivity contribution >= 4 is 11.6 Å². The molecule has 108 valence electrons. The molecule has 2 N–H and O–H groups in total. The van der Waals surface area contributed by atoms with Crippen LogP contribution in [0.4, 0.5) is 5.69 Å². The Balaban J connectivity index is 1.54. The van der Waals surface area contributed by atoms with Crippen LogP contribution in [-0.4, -0.2) is 18.0 Å². The van der Waals surface area contributed by atoms with E-state index in [1.807, 2.05) is 24.3 Å². The van der Waals surface area contributed by atoms with Gasteiger partial charge in [0.2, 0.25) is 0 Å². The summed E-state index contributed by atoms with van der Waals surface area (Å²) in [6.07, 6.45) is 7.41. The lowest BCUT2D eigenvalue weighted by Crippen LogP contribution is -2.26. The third-order valence-corrected chi connectivity index (χ3v) is 4.45. The molecule has 1 aromatic carbocycles. The minimum Gasteiger partial charge on any atom is -0.382 e. The first-order valence-corrected chi connectivity index (χ1v) is 7.88. The molecule has 0 saturated heterocycles. The number of hydrogen-bond acceptors (Lipinski definition) is 2. The highest BCUT2D eigenvalue weighted by Crippen LogP contribution is 2.26. The summed E-state index contributed by atoms with van der Waals surface area (Å²) in [4.78, 5) is 11.9. The van der Waals surface area contributed by atoms with Crippen molar-refractivity contribution in [3.05, 3.63) is 29.8 Å². The fourth-order valence-electron chi connectivity index (χ4n) is 2.85. The molecule has 2 fully saturated rings. The molecule has 3 nitrogen and oxygen atoms in total. The van der Waals surface area contributed by atoms with Crippen molar-refractivity contribution in [3.8, 4) is 0 Å². The fourth-order valence-corrected chi connectivity index (χ4v) is 2.85. The maximum atomic E-state index is 11.9. The Morgan fingerprint density at radius 3 is 2.15 bits per heavy atom. The van der Waals surface area contributed by atoms with E-state index in [-0.39, 0.29) is 5.91 Å². The minimum atomic E-state index is 0.0607. The lowest BCUT2D eigenvalue weighted by molar-refractivity contribution is 0.0951. The van der Waals surface area contributed by atoms with E-state index in [9.17, 15) is 4.79 Å². The van der Waals surface area contributed by atoms with Crippen molar-refractivity contribution in [1.82, 2.24) is 5.32 Å². The molecular weight excluding hydrogens is 248 g/mol. The van der Waals surface area contributed by atoms with Gasteiger partial charge in [0.1, 0.15) is 0 Å². The zero-order chi connectivity index (χ0) is 13.9. The van der Waals surface area contributed by atoms with E-state index in [1.54, 1.807) is 0 Å². The Hall–Kier alpha value is -1.51. The number of anilines is 1. The standard InChI is InChI=1S/C17H24N2O/c1-12-2-6-14(7-3-12)18-15-8-4-13(5-9-15)17(20)19-16-10-11-16/h4-5,8-9,12,14,16,18H,2-3,6-7,10-11H2,1H3,(H,19,20). The van der Waals surface area contributed by atoms with Gasteiger partial charge in [0.15, 0.2) is 0 Å². The normalized spacial score (nSPS) is 26.1. The number of amides is 1. The second kappa shape index (κ2) is 5.86. The monoisotopic (exact) mass is 272 g/mol. The van der Waals surface area contributed by atoms with E-state index in [1.165, 1.54) is 25.7 Å². The molecule has 0 radical (unpaired) electrons. The average Bonchev–Trinajstić information content (AvgIpc) is 3.26. The highest BCUT2D eigenvalue weighted by Gasteiger charge is 2.23. The molecule has 20 heavy (non-hydrogen) atoms. The van der Waals surface area contributed by atoms with Gasteiger partial charge in [-0.25, -0.2) is 0 Å². The third-order valence-electron chi connectivity index (χ3n) is 4.45. The van der Waals surface area contributed by atoms with Crippen molar-refractivity contribution in [2.45, 2.75) is 57.5 Å². The van der Waals surface area contributed by atoms with E-state index >= 15 is 0 Å². The SMILES string of the molecule is CC1CCC(Nc2ccc(C(=O)NC3CC3)cc2)CC1. The quantitative estimate of drug-likeness (QED) is 0.879. The predicted octanol–water partition coefficient (Wildman–Crippen LogP) is 3.57. The maximum Gasteiger partial charge on any atom is 0.251 e. The Kier molecular flexibility index (Phi) is 3.95. The minimum absolute atomic E-state index is 0.0607. The summed E-state index contributed by atoms with van der Waals surface area (Å²) in [6, 6.07) is 8.92. The van der Waals surface area contributed by atoms with Gasteiger partial charge in [-0.3, -0.25) is 4.79 Å². The van der Waals surface area contributed by atoms with Crippen molar-refractivity contribution in [2.24, 2.45) is 5.92 Å². The summed E-state index contributed by atoms with van der Waals surface area (Å²) >= 11 is 0. The molecule has 0 heterocycles. The molecule has 0 atom stereocenters. The van der Waals surface area contributed by atoms with Crippen LogP contribution in [-0.2, 0) is 0 Å². The number of rotatable bonds is 4. The van der Waals surface area contributed by atoms with Crippen LogP contribution in [0.2, 0.25) is 0 Å². The summed E-state index contributed by atoms with van der Waals surface area (Å²) < 4.78 is 0. The van der Waals surface area contributed by atoms with Crippen molar-refractivity contribution in [2.75, 3.05) is 5.32 Å². The van der Waals surface area contributed by atoms with Gasteiger partial charge in [-0.1, -0.05) is 6.92 Å². The number of benzene rings is 1. The maximum absolute atomic E-state index is 11.9. The van der Waals surface area contributed by atoms with Crippen LogP contribution in [0.1, 0.15) is 55.8 Å². The lowest BCUT2D eigenvalue weighted by atomic mass is 9.87. The zero-order valence-electron chi connectivity index (χ0n) is 12.2. The van der Waals surface area contributed by atoms with Crippen molar-refractivity contribution < 1.29 is 4.79 Å². The first-order chi connectivity index (χ1) is 9.70. The number of carbonyl (C=O) groups is 1. The van der Waals surface area contributed by atoms with Crippen LogP contribution in [0, 0.1) is 5.92 Å². The van der Waals surface area contributed by atoms with Gasteiger partial charge in [0.25, 0.3) is 5.91 Å². The Bertz CT molecular complexity index is 456. The van der Waals surface area contributed by atoms with Crippen LogP contribution < -0.4 is 10.6 Å². The zero-order valence-corrected chi connectivity index (χ0v) is 12.2. The molecule has 0 aromatic heterocycles. The molecule has 0 aliphatic heterocycles. The molecule has 0 spiro atoms. The van der Waals surface area contributed by atoms with Gasteiger partial charge in [0.05, 0.1) is 0 Å². The lowest BCUT2D eigenvalue weighted by Gasteiger charge is -2.27. The Morgan fingerprint density at radius 1 is 0.950 bits per heavy atom. The Morgan fingerprint density at radius 2 is 1.55 bits per heavy atom. The van der Waals surface area contributed by atoms with E-state index in [0.29, 0.717) is 12.1 Å². The smallest absolute Gasteiger partial charge is 0.251 e. The fraction of sp³-hybridized carbons (Fsp3) is 0.588. The largest absolute Gasteiger partial charge is 0.382 e. The Labute approximate surface area is 121 Å². The molecule has 3 rings (SSSR count). The number of carbonyl (C=O) groups excluding carboxylic acids is 1. The van der Waals surface area contributed by atoms with Crippen LogP contribution in [0.5, 0.6) is 0 Å². The first-order valence-electron chi connectivity index (χ1n) is 7.88. The van der Waals surface area contributed by atoms with Gasteiger partial charge < -0.3 is 10.6 Å². The van der Waals surface area contributed by atoms with E-state index in [0.717, 1.165) is 30.0 Å². The topological polar surface area (TPSA) is 41.1 Å². The van der Waals surface area contributed by atoms with Gasteiger partial charge in [0, 0.05) is 23.3 Å². The van der Waals surface area contributed by atoms with Crippen LogP contribution in [0.3, 0.4) is 0 Å². The van der Waals surface area contributed by atoms with Crippen LogP contribution >= 0.6 is 0 Å². The summed E-state index contributed by atoms with van der Waals surface area (Å²) in [5.41, 5.74) is 1.90. The van der Waals surface area contributed by atoms with E-state index < -0.39 is 0 Å². The molecular formula is C17H24N2O. The first kappa shape index (κ1) is 13.5. The molecule has 2 aliphatic rings. The number of hydrogen-bond donors (Lipinski definition) is 2. The van der Waals surface area contributed by atoms with E-state index in [4.69, 9.17) is 0 Å². The summed E-state index contributed by atoms with van der Waals surface area (Å²) in [5, 5.41) is 6.61. The predicted molar refractivity (Wildman–Crippen MR) is 82.0 cm³/mol. The molecule has 0 unspecified atom stereocenters. The van der Waals surface area contributed by atoms with Gasteiger partial charge in [-0.2, -0.15) is 0 Å². The highest BCUT2D eigenvalue weighted by molar-refractivity contribution is 5.94. The summed E-state index contributed by atoms with van der Waals surface area (Å²) in [7, 11) is 0. The second-order valence-corrected chi connectivity index (χ2v) is 6.43. The van der Waals surface area contributed by atoms with Crippen molar-refractivity contribution in [3.63, 3.8) is 0 Å². The average molecular weight is 272 g/mol. The molecule has 1 aromatic rings. The molecule has 3 heteroatoms. The second-order valence-electron chi connectivity index (χ2n) is 6.43. The highest BCUT2D eigenvalue weighted by atomic mass is 16.1. The summed E-state index contributed by atoms with van der Waals surface area (Å²) in [6.45, 7) is 2.34. The molecule has 2 aliphatic carbocycles. The summed E-state index contributed by atoms with van der Waals surface area (Å²) in [5.74, 6) is 0.937. The van der Waals surface area contributed by atoms with Gasteiger partial charge in [-0.15, -0.1) is 0 Å². The van der Waals surface area contributed by atoms with Crippen molar-refractivity contribution in [1.29, 1.82) is 0 Å². The van der Waals surface area contributed by atoms with Crippen LogP contribution in [0.15, 0.2) is 24.3 Å². The van der Waals surface area contributed by atoms with Crippen LogP contribution in [0.25, 0.3) is 0 Å². The molecule has 1 amide bonds. The molecule has 0 bridgehead atoms. The number of nitrogens with one attached hydrogen (secondary N) is 2.